The fourth-order valence-corrected chi connectivity index (χ4v) is 6.24. The summed E-state index contributed by atoms with van der Waals surface area (Å²) < 4.78 is 15.5. The minimum Gasteiger partial charge on any atom is -0.482 e. The maximum atomic E-state index is 13.0. The summed E-state index contributed by atoms with van der Waals surface area (Å²) in [4.78, 5) is 56.1. The zero-order valence-corrected chi connectivity index (χ0v) is 25.3. The molecule has 12 heteroatoms. The van der Waals surface area contributed by atoms with Crippen LogP contribution in [0.4, 0.5) is 0 Å². The number of rotatable bonds is 10. The Kier molecular flexibility index (Phi) is 8.87. The summed E-state index contributed by atoms with van der Waals surface area (Å²) in [5.41, 5.74) is 2.80. The molecule has 1 saturated carbocycles. The summed E-state index contributed by atoms with van der Waals surface area (Å²) >= 11 is 1.22. The number of aromatic nitrogens is 2. The molecule has 3 fully saturated rings. The van der Waals surface area contributed by atoms with Crippen molar-refractivity contribution in [3.05, 3.63) is 76.6 Å². The van der Waals surface area contributed by atoms with E-state index in [-0.39, 0.29) is 48.5 Å². The van der Waals surface area contributed by atoms with Crippen molar-refractivity contribution in [2.24, 2.45) is 5.92 Å². The summed E-state index contributed by atoms with van der Waals surface area (Å²) in [5, 5.41) is 7.75. The van der Waals surface area contributed by atoms with Gasteiger partial charge in [-0.2, -0.15) is 4.37 Å². The first-order chi connectivity index (χ1) is 21.3. The highest BCUT2D eigenvalue weighted by Gasteiger charge is 2.35. The monoisotopic (exact) mass is 617 g/mol. The molecular formula is C32H35N5O6S. The quantitative estimate of drug-likeness (QED) is 0.329. The van der Waals surface area contributed by atoms with Crippen LogP contribution in [0.3, 0.4) is 0 Å². The highest BCUT2D eigenvalue weighted by molar-refractivity contribution is 7.03. The minimum atomic E-state index is -0.515. The molecule has 2 aromatic heterocycles. The minimum absolute atomic E-state index is 0.105. The summed E-state index contributed by atoms with van der Waals surface area (Å²) in [6.45, 7) is 2.97. The molecule has 4 atom stereocenters. The third kappa shape index (κ3) is 7.07. The number of benzene rings is 1. The van der Waals surface area contributed by atoms with Crippen molar-refractivity contribution in [2.45, 2.75) is 63.1 Å². The van der Waals surface area contributed by atoms with Gasteiger partial charge in [0.25, 0.3) is 11.8 Å². The number of hydrogen-bond acceptors (Lipinski definition) is 9. The van der Waals surface area contributed by atoms with Crippen LogP contribution in [0.25, 0.3) is 0 Å². The lowest BCUT2D eigenvalue weighted by molar-refractivity contribution is -0.138. The van der Waals surface area contributed by atoms with Gasteiger partial charge in [-0.25, -0.2) is 4.98 Å². The summed E-state index contributed by atoms with van der Waals surface area (Å²) in [6.07, 6.45) is 5.00. The first-order valence-corrected chi connectivity index (χ1v) is 15.9. The molecule has 0 spiro atoms. The molecule has 6 rings (SSSR count). The van der Waals surface area contributed by atoms with Gasteiger partial charge in [0, 0.05) is 24.5 Å². The molecule has 230 valence electrons. The fourth-order valence-electron chi connectivity index (χ4n) is 5.73. The summed E-state index contributed by atoms with van der Waals surface area (Å²) in [7, 11) is 0. The van der Waals surface area contributed by atoms with Crippen LogP contribution in [0, 0.1) is 5.92 Å². The van der Waals surface area contributed by atoms with Gasteiger partial charge in [0.2, 0.25) is 5.91 Å². The van der Waals surface area contributed by atoms with Gasteiger partial charge in [0.05, 0.1) is 24.6 Å². The van der Waals surface area contributed by atoms with Crippen LogP contribution in [-0.2, 0) is 14.3 Å². The number of ether oxygens (including phenoxy) is 2. The highest BCUT2D eigenvalue weighted by Crippen LogP contribution is 2.40. The van der Waals surface area contributed by atoms with E-state index >= 15 is 0 Å². The van der Waals surface area contributed by atoms with E-state index in [0.29, 0.717) is 30.5 Å². The molecule has 1 aromatic carbocycles. The van der Waals surface area contributed by atoms with Gasteiger partial charge < -0.3 is 25.0 Å². The number of carbonyl (C=O) groups excluding carboxylic acids is 4. The molecule has 1 aliphatic carbocycles. The number of hydrogen-bond donors (Lipinski definition) is 2. The van der Waals surface area contributed by atoms with Gasteiger partial charge in [-0.15, -0.1) is 0 Å². The third-order valence-electron chi connectivity index (χ3n) is 8.31. The van der Waals surface area contributed by atoms with Crippen LogP contribution in [0.15, 0.2) is 54.0 Å². The normalized spacial score (nSPS) is 21.2. The Morgan fingerprint density at radius 3 is 2.52 bits per heavy atom. The molecule has 3 amide bonds. The lowest BCUT2D eigenvalue weighted by Crippen LogP contribution is -2.51. The maximum absolute atomic E-state index is 13.0. The van der Waals surface area contributed by atoms with Gasteiger partial charge in [-0.05, 0) is 79.4 Å². The average Bonchev–Trinajstić information content (AvgIpc) is 3.55. The second-order valence-electron chi connectivity index (χ2n) is 11.7. The van der Waals surface area contributed by atoms with Crippen molar-refractivity contribution in [3.63, 3.8) is 0 Å². The molecular weight excluding hydrogens is 582 g/mol. The van der Waals surface area contributed by atoms with Crippen molar-refractivity contribution >= 4 is 35.2 Å². The van der Waals surface area contributed by atoms with E-state index in [4.69, 9.17) is 9.47 Å². The van der Waals surface area contributed by atoms with E-state index in [1.807, 2.05) is 19.1 Å². The third-order valence-corrected chi connectivity index (χ3v) is 8.87. The van der Waals surface area contributed by atoms with E-state index in [0.717, 1.165) is 18.4 Å². The number of amides is 3. The molecule has 0 bridgehead atoms. The Bertz CT molecular complexity index is 1490. The van der Waals surface area contributed by atoms with Crippen LogP contribution < -0.4 is 15.4 Å². The second-order valence-corrected chi connectivity index (χ2v) is 12.4. The van der Waals surface area contributed by atoms with Crippen molar-refractivity contribution < 1.29 is 28.7 Å². The topological polar surface area (TPSA) is 140 Å². The van der Waals surface area contributed by atoms with Crippen molar-refractivity contribution in [3.8, 4) is 5.75 Å². The SMILES string of the molecule is C[C@H](NC(=O)c1ccsn1)[C@H](Oc1ccc(C(=O)N[C@H]2CCCN(C(=O)[C@H]3COC(=O)C3)C2)nc1)c1ccc(C2CC2)cc1. The molecule has 44 heavy (non-hydrogen) atoms. The zero-order valence-electron chi connectivity index (χ0n) is 24.4. The van der Waals surface area contributed by atoms with Crippen molar-refractivity contribution in [1.29, 1.82) is 0 Å². The van der Waals surface area contributed by atoms with Crippen LogP contribution in [0.2, 0.25) is 0 Å². The van der Waals surface area contributed by atoms with Gasteiger partial charge in [0.15, 0.2) is 0 Å². The second kappa shape index (κ2) is 13.1. The number of pyridine rings is 1. The first kappa shape index (κ1) is 29.7. The summed E-state index contributed by atoms with van der Waals surface area (Å²) in [6, 6.07) is 12.7. The van der Waals surface area contributed by atoms with Crippen molar-refractivity contribution in [2.75, 3.05) is 19.7 Å². The molecule has 3 aliphatic rings. The lowest BCUT2D eigenvalue weighted by Gasteiger charge is -2.34. The Morgan fingerprint density at radius 1 is 1.05 bits per heavy atom. The first-order valence-electron chi connectivity index (χ1n) is 15.0. The molecule has 3 aromatic rings. The Balaban J connectivity index is 1.09. The number of likely N-dealkylation sites (tertiary alicyclic amines) is 1. The van der Waals surface area contributed by atoms with Crippen molar-refractivity contribution in [1.82, 2.24) is 24.9 Å². The van der Waals surface area contributed by atoms with Gasteiger partial charge in [-0.3, -0.25) is 19.2 Å². The molecule has 2 saturated heterocycles. The van der Waals surface area contributed by atoms with Gasteiger partial charge in [-0.1, -0.05) is 24.3 Å². The van der Waals surface area contributed by atoms with Crippen LogP contribution in [0.5, 0.6) is 5.75 Å². The van der Waals surface area contributed by atoms with E-state index in [9.17, 15) is 19.2 Å². The van der Waals surface area contributed by atoms with E-state index < -0.39 is 18.1 Å². The van der Waals surface area contributed by atoms with Crippen LogP contribution in [-0.4, -0.2) is 69.7 Å². The molecule has 0 unspecified atom stereocenters. The Hall–Kier alpha value is -4.32. The Morgan fingerprint density at radius 2 is 1.86 bits per heavy atom. The van der Waals surface area contributed by atoms with Crippen LogP contribution >= 0.6 is 11.5 Å². The predicted molar refractivity (Wildman–Crippen MR) is 161 cm³/mol. The average molecular weight is 618 g/mol. The predicted octanol–water partition coefficient (Wildman–Crippen LogP) is 3.64. The van der Waals surface area contributed by atoms with Gasteiger partial charge >= 0.3 is 5.97 Å². The molecule has 2 N–H and O–H groups in total. The summed E-state index contributed by atoms with van der Waals surface area (Å²) in [5.74, 6) is -0.450. The number of carbonyl (C=O) groups is 4. The largest absolute Gasteiger partial charge is 0.482 e. The number of nitrogens with one attached hydrogen (secondary N) is 2. The van der Waals surface area contributed by atoms with E-state index in [1.54, 1.807) is 28.5 Å². The lowest BCUT2D eigenvalue weighted by atomic mass is 10.00. The Labute approximate surface area is 259 Å². The maximum Gasteiger partial charge on any atom is 0.306 e. The molecule has 0 radical (unpaired) electrons. The number of esters is 1. The fraction of sp³-hybridized carbons (Fsp3) is 0.438. The van der Waals surface area contributed by atoms with Crippen LogP contribution in [0.1, 0.15) is 83.2 Å². The van der Waals surface area contributed by atoms with E-state index in [2.05, 4.69) is 32.1 Å². The smallest absolute Gasteiger partial charge is 0.306 e. The number of nitrogens with zero attached hydrogens (tertiary/aromatic N) is 3. The van der Waals surface area contributed by atoms with E-state index in [1.165, 1.54) is 36.1 Å². The number of cyclic esters (lactones) is 1. The standard InChI is InChI=1S/C32H35N5O6S/c1-19(34-31(40)27-12-14-44-36-27)29(22-8-6-21(7-9-22)20-4-5-20)43-25-10-11-26(33-16-25)30(39)35-24-3-2-13-37(17-24)32(41)23-15-28(38)42-18-23/h6-12,14,16,19-20,23-24,29H,2-5,13,15,17-18H2,1H3,(H,34,40)(H,35,39)/t19-,23+,24-,29-/m0/s1. The highest BCUT2D eigenvalue weighted by atomic mass is 32.1. The molecule has 11 nitrogen and oxygen atoms in total. The molecule has 2 aliphatic heterocycles. The zero-order chi connectivity index (χ0) is 30.6. The van der Waals surface area contributed by atoms with Gasteiger partial charge in [0.1, 0.15) is 29.8 Å². The molecule has 4 heterocycles. The number of piperidine rings is 1.